The third-order valence-corrected chi connectivity index (χ3v) is 6.86. The summed E-state index contributed by atoms with van der Waals surface area (Å²) in [6.07, 6.45) is 0.984. The van der Waals surface area contributed by atoms with Crippen molar-refractivity contribution < 1.29 is 28.7 Å². The van der Waals surface area contributed by atoms with Gasteiger partial charge in [0.1, 0.15) is 6.04 Å². The minimum atomic E-state index is -0.833. The van der Waals surface area contributed by atoms with Crippen LogP contribution >= 0.6 is 11.6 Å². The van der Waals surface area contributed by atoms with Crippen LogP contribution in [0.15, 0.2) is 18.2 Å². The Bertz CT molecular complexity index is 992. The summed E-state index contributed by atoms with van der Waals surface area (Å²) in [4.78, 5) is 51.5. The summed E-state index contributed by atoms with van der Waals surface area (Å²) >= 11 is 6.06. The molecule has 192 valence electrons. The number of ether oxygens (including phenoxy) is 2. The van der Waals surface area contributed by atoms with Gasteiger partial charge in [-0.15, -0.1) is 0 Å². The van der Waals surface area contributed by atoms with Crippen LogP contribution in [0.1, 0.15) is 63.7 Å². The lowest BCUT2D eigenvalue weighted by atomic mass is 9.77. The van der Waals surface area contributed by atoms with E-state index in [0.717, 1.165) is 0 Å². The lowest BCUT2D eigenvalue weighted by Crippen LogP contribution is -2.53. The average molecular weight is 508 g/mol. The van der Waals surface area contributed by atoms with Crippen LogP contribution < -0.4 is 16.4 Å². The summed E-state index contributed by atoms with van der Waals surface area (Å²) < 4.78 is 10.5. The Morgan fingerprint density at radius 3 is 2.54 bits per heavy atom. The standard InChI is InChI=1S/C25H34ClN3O6/c1-5-34-24-18(12-19(30)35-24)28-23(33)15-8-6-7-14(15)20(31)21(25(2,3)4)29-22(32)13-9-10-17(27)16(26)11-13/h9-11,14-15,18,21,24H,5-8,12,27H2,1-4H3,(H,28,33)(H,29,32). The minimum Gasteiger partial charge on any atom is -0.433 e. The van der Waals surface area contributed by atoms with Crippen molar-refractivity contribution in [2.75, 3.05) is 12.3 Å². The average Bonchev–Trinajstić information content (AvgIpc) is 3.39. The maximum atomic E-state index is 13.7. The first-order valence-corrected chi connectivity index (χ1v) is 12.3. The molecule has 4 N–H and O–H groups in total. The third-order valence-electron chi connectivity index (χ3n) is 6.53. The molecule has 0 radical (unpaired) electrons. The number of benzene rings is 1. The Hall–Kier alpha value is -2.65. The molecule has 2 amide bonds. The Labute approximate surface area is 210 Å². The molecule has 2 fully saturated rings. The molecule has 0 spiro atoms. The minimum absolute atomic E-state index is 0.0204. The maximum absolute atomic E-state index is 13.7. The van der Waals surface area contributed by atoms with Crippen LogP contribution in [0.2, 0.25) is 5.02 Å². The normalized spacial score (nSPS) is 25.1. The van der Waals surface area contributed by atoms with Crippen LogP contribution in [0.25, 0.3) is 0 Å². The second-order valence-electron chi connectivity index (χ2n) is 10.2. The van der Waals surface area contributed by atoms with Gasteiger partial charge in [-0.05, 0) is 43.4 Å². The molecule has 9 nitrogen and oxygen atoms in total. The molecular weight excluding hydrogens is 474 g/mol. The lowest BCUT2D eigenvalue weighted by Gasteiger charge is -2.33. The van der Waals surface area contributed by atoms with Crippen LogP contribution in [0.3, 0.4) is 0 Å². The van der Waals surface area contributed by atoms with E-state index in [1.807, 2.05) is 20.8 Å². The summed E-state index contributed by atoms with van der Waals surface area (Å²) in [5.74, 6) is -2.50. The van der Waals surface area contributed by atoms with Gasteiger partial charge in [-0.3, -0.25) is 19.2 Å². The summed E-state index contributed by atoms with van der Waals surface area (Å²) in [6, 6.07) is 3.13. The van der Waals surface area contributed by atoms with Crippen molar-refractivity contribution in [3.05, 3.63) is 28.8 Å². The summed E-state index contributed by atoms with van der Waals surface area (Å²) in [5.41, 5.74) is 5.78. The highest BCUT2D eigenvalue weighted by Crippen LogP contribution is 2.36. The Morgan fingerprint density at radius 2 is 1.91 bits per heavy atom. The molecule has 10 heteroatoms. The van der Waals surface area contributed by atoms with Gasteiger partial charge in [0.15, 0.2) is 5.78 Å². The zero-order chi connectivity index (χ0) is 25.9. The number of halogens is 1. The number of hydrogen-bond donors (Lipinski definition) is 3. The molecule has 3 rings (SSSR count). The number of carbonyl (C=O) groups excluding carboxylic acids is 4. The van der Waals surface area contributed by atoms with Gasteiger partial charge in [-0.2, -0.15) is 0 Å². The van der Waals surface area contributed by atoms with Gasteiger partial charge in [0.2, 0.25) is 12.2 Å². The predicted octanol–water partition coefficient (Wildman–Crippen LogP) is 2.85. The van der Waals surface area contributed by atoms with E-state index < -0.39 is 47.5 Å². The zero-order valence-electron chi connectivity index (χ0n) is 20.6. The number of carbonyl (C=O) groups is 4. The monoisotopic (exact) mass is 507 g/mol. The Morgan fingerprint density at radius 1 is 1.23 bits per heavy atom. The molecule has 2 aliphatic rings. The number of cyclic esters (lactones) is 1. The number of nitrogen functional groups attached to an aromatic ring is 1. The van der Waals surface area contributed by atoms with Gasteiger partial charge < -0.3 is 25.8 Å². The first kappa shape index (κ1) is 26.9. The van der Waals surface area contributed by atoms with Crippen LogP contribution in [-0.4, -0.2) is 48.5 Å². The smallest absolute Gasteiger partial charge is 0.310 e. The number of hydrogen-bond acceptors (Lipinski definition) is 7. The van der Waals surface area contributed by atoms with Crippen molar-refractivity contribution in [2.24, 2.45) is 17.3 Å². The highest BCUT2D eigenvalue weighted by Gasteiger charge is 2.45. The summed E-state index contributed by atoms with van der Waals surface area (Å²) in [6.45, 7) is 7.70. The van der Waals surface area contributed by atoms with Gasteiger partial charge >= 0.3 is 5.97 Å². The quantitative estimate of drug-likeness (QED) is 0.363. The van der Waals surface area contributed by atoms with Crippen molar-refractivity contribution in [2.45, 2.75) is 71.8 Å². The van der Waals surface area contributed by atoms with Crippen molar-refractivity contribution in [1.29, 1.82) is 0 Å². The number of rotatable bonds is 8. The molecular formula is C25H34ClN3O6. The topological polar surface area (TPSA) is 137 Å². The van der Waals surface area contributed by atoms with Crippen LogP contribution in [0, 0.1) is 17.3 Å². The van der Waals surface area contributed by atoms with Crippen LogP contribution in [0.4, 0.5) is 5.69 Å². The molecule has 0 bridgehead atoms. The second-order valence-corrected chi connectivity index (χ2v) is 10.6. The van der Waals surface area contributed by atoms with E-state index in [1.165, 1.54) is 12.1 Å². The number of nitrogens with two attached hydrogens (primary N) is 1. The number of amides is 2. The Kier molecular flexibility index (Phi) is 8.43. The lowest BCUT2D eigenvalue weighted by molar-refractivity contribution is -0.164. The third kappa shape index (κ3) is 6.32. The summed E-state index contributed by atoms with van der Waals surface area (Å²) in [5, 5.41) is 5.96. The first-order valence-electron chi connectivity index (χ1n) is 11.9. The predicted molar refractivity (Wildman–Crippen MR) is 130 cm³/mol. The van der Waals surface area contributed by atoms with E-state index in [1.54, 1.807) is 13.0 Å². The number of nitrogens with one attached hydrogen (secondary N) is 2. The van der Waals surface area contributed by atoms with Gasteiger partial charge in [0, 0.05) is 24.0 Å². The second kappa shape index (κ2) is 11.0. The molecule has 5 atom stereocenters. The molecule has 35 heavy (non-hydrogen) atoms. The van der Waals surface area contributed by atoms with Crippen LogP contribution in [-0.2, 0) is 23.9 Å². The molecule has 1 saturated heterocycles. The molecule has 1 heterocycles. The van der Waals surface area contributed by atoms with Crippen molar-refractivity contribution in [1.82, 2.24) is 10.6 Å². The van der Waals surface area contributed by atoms with E-state index in [4.69, 9.17) is 26.8 Å². The van der Waals surface area contributed by atoms with Crippen molar-refractivity contribution in [3.8, 4) is 0 Å². The molecule has 5 unspecified atom stereocenters. The number of ketones is 1. The largest absolute Gasteiger partial charge is 0.433 e. The molecule has 1 aliphatic carbocycles. The maximum Gasteiger partial charge on any atom is 0.310 e. The van der Waals surface area contributed by atoms with Gasteiger partial charge in [-0.25, -0.2) is 0 Å². The number of Topliss-reactive ketones (excluding diaryl/α,β-unsaturated/α-hetero) is 1. The fourth-order valence-electron chi connectivity index (χ4n) is 4.68. The number of anilines is 1. The fraction of sp³-hybridized carbons (Fsp3) is 0.600. The van der Waals surface area contributed by atoms with Crippen LogP contribution in [0.5, 0.6) is 0 Å². The summed E-state index contributed by atoms with van der Waals surface area (Å²) in [7, 11) is 0. The molecule has 0 aromatic heterocycles. The molecule has 1 aromatic rings. The Balaban J connectivity index is 1.74. The van der Waals surface area contributed by atoms with Gasteiger partial charge in [0.05, 0.1) is 23.2 Å². The molecule has 1 aromatic carbocycles. The van der Waals surface area contributed by atoms with E-state index in [2.05, 4.69) is 10.6 Å². The van der Waals surface area contributed by atoms with Crippen molar-refractivity contribution in [3.63, 3.8) is 0 Å². The fourth-order valence-corrected chi connectivity index (χ4v) is 4.87. The zero-order valence-corrected chi connectivity index (χ0v) is 21.3. The molecule has 1 aliphatic heterocycles. The number of esters is 1. The van der Waals surface area contributed by atoms with Gasteiger partial charge in [-0.1, -0.05) is 38.8 Å². The highest BCUT2D eigenvalue weighted by molar-refractivity contribution is 6.33. The molecule has 1 saturated carbocycles. The van der Waals surface area contributed by atoms with E-state index >= 15 is 0 Å². The SMILES string of the molecule is CCOC1OC(=O)CC1NC(=O)C1CCCC1C(=O)C(NC(=O)c1ccc(N)c(Cl)c1)C(C)(C)C. The van der Waals surface area contributed by atoms with E-state index in [0.29, 0.717) is 37.1 Å². The van der Waals surface area contributed by atoms with E-state index in [-0.39, 0.29) is 23.1 Å². The van der Waals surface area contributed by atoms with Gasteiger partial charge in [0.25, 0.3) is 5.91 Å². The van der Waals surface area contributed by atoms with Crippen molar-refractivity contribution >= 4 is 40.9 Å². The highest BCUT2D eigenvalue weighted by atomic mass is 35.5. The van der Waals surface area contributed by atoms with E-state index in [9.17, 15) is 19.2 Å². The first-order chi connectivity index (χ1) is 16.4.